The minimum absolute atomic E-state index is 0.156. The maximum atomic E-state index is 12.5. The Morgan fingerprint density at radius 2 is 1.69 bits per heavy atom. The fraction of sp³-hybridized carbons (Fsp3) is 0.238. The topological polar surface area (TPSA) is 79.4 Å². The van der Waals surface area contributed by atoms with Crippen molar-refractivity contribution in [3.63, 3.8) is 0 Å². The predicted octanol–water partition coefficient (Wildman–Crippen LogP) is 4.02. The minimum atomic E-state index is -3.51. The summed E-state index contributed by atoms with van der Waals surface area (Å²) in [5.74, 6) is -0.200. The van der Waals surface area contributed by atoms with Crippen molar-refractivity contribution in [2.24, 2.45) is 0 Å². The molecule has 0 radical (unpaired) electrons. The van der Waals surface area contributed by atoms with Gasteiger partial charge in [-0.25, -0.2) is 13.4 Å². The van der Waals surface area contributed by atoms with Crippen LogP contribution in [0.1, 0.15) is 19.5 Å². The van der Waals surface area contributed by atoms with Crippen molar-refractivity contribution in [2.45, 2.75) is 25.2 Å². The Morgan fingerprint density at radius 3 is 2.31 bits per heavy atom. The van der Waals surface area contributed by atoms with E-state index in [0.29, 0.717) is 24.5 Å². The molecule has 0 unspecified atom stereocenters. The number of rotatable bonds is 8. The van der Waals surface area contributed by atoms with Gasteiger partial charge in [-0.05, 0) is 24.3 Å². The highest BCUT2D eigenvalue weighted by Crippen LogP contribution is 2.24. The van der Waals surface area contributed by atoms with Gasteiger partial charge in [-0.15, -0.1) is 11.3 Å². The molecule has 0 aliphatic heterocycles. The van der Waals surface area contributed by atoms with Gasteiger partial charge in [0, 0.05) is 29.7 Å². The van der Waals surface area contributed by atoms with Crippen molar-refractivity contribution in [1.82, 2.24) is 9.29 Å². The molecule has 8 heteroatoms. The number of benzene rings is 2. The first kappa shape index (κ1) is 21.2. The average Bonchev–Trinajstić information content (AvgIpc) is 3.18. The molecule has 3 rings (SSSR count). The molecule has 0 spiro atoms. The van der Waals surface area contributed by atoms with Gasteiger partial charge in [0.15, 0.2) is 0 Å². The maximum Gasteiger partial charge on any atom is 0.243 e. The van der Waals surface area contributed by atoms with Crippen molar-refractivity contribution in [3.05, 3.63) is 65.7 Å². The number of aromatic nitrogens is 1. The quantitative estimate of drug-likeness (QED) is 0.586. The Labute approximate surface area is 175 Å². The molecule has 3 aromatic rings. The second-order valence-corrected chi connectivity index (χ2v) is 9.14. The molecule has 0 atom stereocenters. The number of amides is 1. The van der Waals surface area contributed by atoms with Crippen LogP contribution >= 0.6 is 11.3 Å². The van der Waals surface area contributed by atoms with Crippen molar-refractivity contribution in [2.75, 3.05) is 18.4 Å². The van der Waals surface area contributed by atoms with Crippen molar-refractivity contribution >= 4 is 33.0 Å². The van der Waals surface area contributed by atoms with E-state index >= 15 is 0 Å². The third-order valence-electron chi connectivity index (χ3n) is 4.40. The van der Waals surface area contributed by atoms with E-state index in [1.165, 1.54) is 27.8 Å². The number of thiazole rings is 1. The van der Waals surface area contributed by atoms with Crippen LogP contribution in [0.15, 0.2) is 64.9 Å². The lowest BCUT2D eigenvalue weighted by atomic mass is 10.2. The summed E-state index contributed by atoms with van der Waals surface area (Å²) in [5.41, 5.74) is 2.27. The molecule has 0 bridgehead atoms. The first-order valence-corrected chi connectivity index (χ1v) is 11.7. The molecule has 2 aromatic carbocycles. The number of anilines is 1. The molecule has 0 saturated carbocycles. The summed E-state index contributed by atoms with van der Waals surface area (Å²) >= 11 is 1.50. The van der Waals surface area contributed by atoms with E-state index in [1.807, 2.05) is 35.7 Å². The summed E-state index contributed by atoms with van der Waals surface area (Å²) in [6, 6.07) is 16.0. The molecule has 1 amide bonds. The number of hydrogen-bond donors (Lipinski definition) is 1. The monoisotopic (exact) mass is 429 g/mol. The lowest BCUT2D eigenvalue weighted by molar-refractivity contribution is -0.115. The summed E-state index contributed by atoms with van der Waals surface area (Å²) in [6.07, 6.45) is 0.156. The van der Waals surface area contributed by atoms with Crippen LogP contribution in [0.5, 0.6) is 0 Å². The molecule has 0 fully saturated rings. The van der Waals surface area contributed by atoms with Crippen LogP contribution in [0, 0.1) is 0 Å². The minimum Gasteiger partial charge on any atom is -0.326 e. The summed E-state index contributed by atoms with van der Waals surface area (Å²) < 4.78 is 26.4. The largest absolute Gasteiger partial charge is 0.326 e. The van der Waals surface area contributed by atoms with Crippen LogP contribution in [0.25, 0.3) is 10.6 Å². The molecular weight excluding hydrogens is 406 g/mol. The van der Waals surface area contributed by atoms with E-state index in [2.05, 4.69) is 10.3 Å². The van der Waals surface area contributed by atoms with Crippen LogP contribution < -0.4 is 5.32 Å². The number of hydrogen-bond acceptors (Lipinski definition) is 5. The number of nitrogens with zero attached hydrogens (tertiary/aromatic N) is 2. The summed E-state index contributed by atoms with van der Waals surface area (Å²) in [4.78, 5) is 17.1. The van der Waals surface area contributed by atoms with Gasteiger partial charge in [-0.2, -0.15) is 4.31 Å². The second kappa shape index (κ2) is 9.30. The van der Waals surface area contributed by atoms with E-state index in [4.69, 9.17) is 0 Å². The van der Waals surface area contributed by atoms with Crippen LogP contribution in [-0.4, -0.2) is 36.7 Å². The van der Waals surface area contributed by atoms with E-state index < -0.39 is 10.0 Å². The number of nitrogens with one attached hydrogen (secondary N) is 1. The van der Waals surface area contributed by atoms with Gasteiger partial charge in [0.2, 0.25) is 15.9 Å². The zero-order chi connectivity index (χ0) is 20.9. The van der Waals surface area contributed by atoms with Gasteiger partial charge in [0.05, 0.1) is 17.0 Å². The lowest BCUT2D eigenvalue weighted by Crippen LogP contribution is -2.30. The first-order valence-electron chi connectivity index (χ1n) is 9.34. The number of sulfonamides is 1. The van der Waals surface area contributed by atoms with Gasteiger partial charge in [-0.3, -0.25) is 4.79 Å². The van der Waals surface area contributed by atoms with Crippen LogP contribution in [0.3, 0.4) is 0 Å². The number of carbonyl (C=O) groups excluding carboxylic acids is 1. The van der Waals surface area contributed by atoms with Crippen LogP contribution in [0.2, 0.25) is 0 Å². The fourth-order valence-corrected chi connectivity index (χ4v) is 5.18. The molecular formula is C21H23N3O3S2. The van der Waals surface area contributed by atoms with Crippen molar-refractivity contribution < 1.29 is 13.2 Å². The molecule has 0 aliphatic rings. The Hall–Kier alpha value is -2.55. The highest BCUT2D eigenvalue weighted by atomic mass is 32.2. The standard InChI is InChI=1S/C21H23N3O3S2/c1-3-24(4-2)29(26,27)19-12-10-17(11-13-19)22-20(25)14-18-15-28-21(23-18)16-8-6-5-7-9-16/h5-13,15H,3-4,14H2,1-2H3,(H,22,25). The normalized spacial score (nSPS) is 11.6. The van der Waals surface area contributed by atoms with E-state index in [1.54, 1.807) is 26.0 Å². The summed E-state index contributed by atoms with van der Waals surface area (Å²) in [5, 5.41) is 5.54. The van der Waals surface area contributed by atoms with Crippen molar-refractivity contribution in [1.29, 1.82) is 0 Å². The Bertz CT molecular complexity index is 1060. The van der Waals surface area contributed by atoms with Gasteiger partial charge >= 0.3 is 0 Å². The first-order chi connectivity index (χ1) is 13.9. The second-order valence-electron chi connectivity index (χ2n) is 6.35. The Morgan fingerprint density at radius 1 is 1.03 bits per heavy atom. The molecule has 1 aromatic heterocycles. The highest BCUT2D eigenvalue weighted by Gasteiger charge is 2.21. The fourth-order valence-electron chi connectivity index (χ4n) is 2.89. The van der Waals surface area contributed by atoms with Gasteiger partial charge < -0.3 is 5.32 Å². The SMILES string of the molecule is CCN(CC)S(=O)(=O)c1ccc(NC(=O)Cc2csc(-c3ccccc3)n2)cc1. The molecule has 29 heavy (non-hydrogen) atoms. The maximum absolute atomic E-state index is 12.5. The third-order valence-corrected chi connectivity index (χ3v) is 7.40. The van der Waals surface area contributed by atoms with E-state index in [-0.39, 0.29) is 17.2 Å². The molecule has 6 nitrogen and oxygen atoms in total. The Kier molecular flexibility index (Phi) is 6.79. The average molecular weight is 430 g/mol. The van der Waals surface area contributed by atoms with Gasteiger partial charge in [0.25, 0.3) is 0 Å². The van der Waals surface area contributed by atoms with E-state index in [9.17, 15) is 13.2 Å². The zero-order valence-corrected chi connectivity index (χ0v) is 18.0. The van der Waals surface area contributed by atoms with Crippen LogP contribution in [0.4, 0.5) is 5.69 Å². The molecule has 1 heterocycles. The highest BCUT2D eigenvalue weighted by molar-refractivity contribution is 7.89. The van der Waals surface area contributed by atoms with Gasteiger partial charge in [0.1, 0.15) is 5.01 Å². The Balaban J connectivity index is 1.64. The molecule has 0 saturated heterocycles. The molecule has 1 N–H and O–H groups in total. The number of carbonyl (C=O) groups is 1. The third kappa shape index (κ3) is 5.09. The summed E-state index contributed by atoms with van der Waals surface area (Å²) in [7, 11) is -3.51. The van der Waals surface area contributed by atoms with E-state index in [0.717, 1.165) is 10.6 Å². The smallest absolute Gasteiger partial charge is 0.243 e. The lowest BCUT2D eigenvalue weighted by Gasteiger charge is -2.18. The van der Waals surface area contributed by atoms with Gasteiger partial charge in [-0.1, -0.05) is 44.2 Å². The molecule has 152 valence electrons. The van der Waals surface area contributed by atoms with Crippen LogP contribution in [-0.2, 0) is 21.2 Å². The predicted molar refractivity (Wildman–Crippen MR) is 116 cm³/mol. The zero-order valence-electron chi connectivity index (χ0n) is 16.3. The molecule has 0 aliphatic carbocycles. The van der Waals surface area contributed by atoms with Crippen molar-refractivity contribution in [3.8, 4) is 10.6 Å². The summed E-state index contributed by atoms with van der Waals surface area (Å²) in [6.45, 7) is 4.43.